The molecule has 0 fully saturated rings. The van der Waals surface area contributed by atoms with Crippen molar-refractivity contribution in [2.45, 2.75) is 31.2 Å². The van der Waals surface area contributed by atoms with E-state index in [1.54, 1.807) is 38.1 Å². The molecule has 0 spiro atoms. The number of aliphatic carboxylic acids is 1. The van der Waals surface area contributed by atoms with Crippen LogP contribution in [0.5, 0.6) is 0 Å². The van der Waals surface area contributed by atoms with Crippen LogP contribution in [0.4, 0.5) is 5.69 Å². The summed E-state index contributed by atoms with van der Waals surface area (Å²) in [6.07, 6.45) is -0.0997. The van der Waals surface area contributed by atoms with Crippen LogP contribution in [0.3, 0.4) is 0 Å². The van der Waals surface area contributed by atoms with Crippen molar-refractivity contribution in [2.24, 2.45) is 0 Å². The Hall–Kier alpha value is -2.71. The fourth-order valence-corrected chi connectivity index (χ4v) is 3.74. The fraction of sp³-hybridized carbons (Fsp3) is 0.263. The van der Waals surface area contributed by atoms with Gasteiger partial charge in [0.15, 0.2) is 0 Å². The highest BCUT2D eigenvalue weighted by molar-refractivity contribution is 7.89. The van der Waals surface area contributed by atoms with Gasteiger partial charge in [0.2, 0.25) is 10.0 Å². The molecule has 0 aliphatic carbocycles. The topological polar surface area (TPSA) is 104 Å². The lowest BCUT2D eigenvalue weighted by atomic mass is 10.1. The maximum atomic E-state index is 12.6. The molecule has 0 atom stereocenters. The molecule has 2 rings (SSSR count). The highest BCUT2D eigenvalue weighted by atomic mass is 32.2. The molecule has 0 saturated carbocycles. The predicted molar refractivity (Wildman–Crippen MR) is 102 cm³/mol. The van der Waals surface area contributed by atoms with E-state index >= 15 is 0 Å². The minimum absolute atomic E-state index is 0.0446. The Morgan fingerprint density at radius 1 is 1.11 bits per heavy atom. The lowest BCUT2D eigenvalue weighted by Crippen LogP contribution is -2.33. The Bertz CT molecular complexity index is 937. The summed E-state index contributed by atoms with van der Waals surface area (Å²) in [7, 11) is -2.20. The third-order valence-electron chi connectivity index (χ3n) is 4.07. The van der Waals surface area contributed by atoms with Crippen molar-refractivity contribution in [3.05, 3.63) is 59.7 Å². The van der Waals surface area contributed by atoms with E-state index in [-0.39, 0.29) is 22.9 Å². The summed E-state index contributed by atoms with van der Waals surface area (Å²) in [5.41, 5.74) is 1.31. The summed E-state index contributed by atoms with van der Waals surface area (Å²) in [6.45, 7) is 3.53. The van der Waals surface area contributed by atoms with Crippen molar-refractivity contribution in [3.63, 3.8) is 0 Å². The third kappa shape index (κ3) is 5.15. The summed E-state index contributed by atoms with van der Waals surface area (Å²) in [4.78, 5) is 23.2. The summed E-state index contributed by atoms with van der Waals surface area (Å²) in [5.74, 6) is -1.39. The van der Waals surface area contributed by atoms with E-state index in [0.717, 1.165) is 0 Å². The number of sulfonamides is 1. The molecule has 0 unspecified atom stereocenters. The number of carboxylic acid groups (broad SMARTS) is 1. The van der Waals surface area contributed by atoms with Crippen LogP contribution in [0.2, 0.25) is 0 Å². The average molecular weight is 390 g/mol. The number of carboxylic acids is 1. The molecule has 7 nitrogen and oxygen atoms in total. The minimum atomic E-state index is -3.69. The monoisotopic (exact) mass is 390 g/mol. The molecule has 0 radical (unpaired) electrons. The van der Waals surface area contributed by atoms with E-state index in [0.29, 0.717) is 11.3 Å². The highest BCUT2D eigenvalue weighted by Crippen LogP contribution is 2.19. The minimum Gasteiger partial charge on any atom is -0.481 e. The van der Waals surface area contributed by atoms with Gasteiger partial charge in [-0.1, -0.05) is 18.2 Å². The maximum absolute atomic E-state index is 12.6. The molecule has 2 aromatic carbocycles. The van der Waals surface area contributed by atoms with Crippen molar-refractivity contribution >= 4 is 27.6 Å². The molecular weight excluding hydrogens is 368 g/mol. The molecule has 0 aliphatic heterocycles. The Morgan fingerprint density at radius 2 is 1.74 bits per heavy atom. The van der Waals surface area contributed by atoms with Crippen molar-refractivity contribution in [2.75, 3.05) is 12.4 Å². The van der Waals surface area contributed by atoms with Gasteiger partial charge in [0, 0.05) is 24.3 Å². The first-order valence-corrected chi connectivity index (χ1v) is 9.75. The van der Waals surface area contributed by atoms with Gasteiger partial charge >= 0.3 is 5.97 Å². The quantitative estimate of drug-likeness (QED) is 0.756. The summed E-state index contributed by atoms with van der Waals surface area (Å²) in [5, 5.41) is 11.4. The second-order valence-corrected chi connectivity index (χ2v) is 8.36. The lowest BCUT2D eigenvalue weighted by Gasteiger charge is -2.21. The number of benzene rings is 2. The fourth-order valence-electron chi connectivity index (χ4n) is 2.33. The van der Waals surface area contributed by atoms with Gasteiger partial charge in [0.25, 0.3) is 5.91 Å². The molecule has 2 N–H and O–H groups in total. The zero-order valence-corrected chi connectivity index (χ0v) is 16.2. The van der Waals surface area contributed by atoms with Crippen LogP contribution in [0.1, 0.15) is 29.8 Å². The van der Waals surface area contributed by atoms with Gasteiger partial charge in [-0.3, -0.25) is 9.59 Å². The number of anilines is 1. The molecule has 0 heterocycles. The number of hydrogen-bond donors (Lipinski definition) is 2. The Balaban J connectivity index is 2.19. The van der Waals surface area contributed by atoms with E-state index in [1.165, 1.54) is 35.6 Å². The van der Waals surface area contributed by atoms with E-state index in [4.69, 9.17) is 5.11 Å². The molecule has 0 bridgehead atoms. The van der Waals surface area contributed by atoms with Crippen LogP contribution in [0.25, 0.3) is 0 Å². The van der Waals surface area contributed by atoms with Crippen LogP contribution >= 0.6 is 0 Å². The molecule has 0 saturated heterocycles. The molecule has 144 valence electrons. The van der Waals surface area contributed by atoms with Gasteiger partial charge in [0.05, 0.1) is 11.3 Å². The molecule has 2 aromatic rings. The first kappa shape index (κ1) is 20.6. The number of amides is 1. The van der Waals surface area contributed by atoms with Crippen LogP contribution in [-0.2, 0) is 21.2 Å². The van der Waals surface area contributed by atoms with Crippen LogP contribution in [0.15, 0.2) is 53.4 Å². The molecular formula is C19H22N2O5S. The number of nitrogens with zero attached hydrogens (tertiary/aromatic N) is 1. The van der Waals surface area contributed by atoms with Gasteiger partial charge in [-0.2, -0.15) is 4.31 Å². The maximum Gasteiger partial charge on any atom is 0.307 e. The number of hydrogen-bond acceptors (Lipinski definition) is 4. The average Bonchev–Trinajstić information content (AvgIpc) is 2.62. The van der Waals surface area contributed by atoms with Gasteiger partial charge in [-0.05, 0) is 49.7 Å². The number of carbonyl (C=O) groups excluding carboxylic acids is 1. The lowest BCUT2D eigenvalue weighted by molar-refractivity contribution is -0.136. The zero-order valence-electron chi connectivity index (χ0n) is 15.3. The van der Waals surface area contributed by atoms with E-state index in [2.05, 4.69) is 5.32 Å². The largest absolute Gasteiger partial charge is 0.481 e. The molecule has 0 aliphatic rings. The summed E-state index contributed by atoms with van der Waals surface area (Å²) < 4.78 is 26.4. The molecule has 1 amide bonds. The number of nitrogens with one attached hydrogen (secondary N) is 1. The van der Waals surface area contributed by atoms with Gasteiger partial charge < -0.3 is 10.4 Å². The Morgan fingerprint density at radius 3 is 2.30 bits per heavy atom. The predicted octanol–water partition coefficient (Wildman–Crippen LogP) is 2.59. The van der Waals surface area contributed by atoms with Crippen LogP contribution in [0, 0.1) is 0 Å². The van der Waals surface area contributed by atoms with Gasteiger partial charge in [-0.15, -0.1) is 0 Å². The highest BCUT2D eigenvalue weighted by Gasteiger charge is 2.23. The third-order valence-corrected chi connectivity index (χ3v) is 6.10. The first-order chi connectivity index (χ1) is 12.6. The van der Waals surface area contributed by atoms with E-state index in [9.17, 15) is 18.0 Å². The van der Waals surface area contributed by atoms with Crippen molar-refractivity contribution < 1.29 is 23.1 Å². The van der Waals surface area contributed by atoms with E-state index < -0.39 is 21.9 Å². The molecule has 8 heteroatoms. The molecule has 27 heavy (non-hydrogen) atoms. The summed E-state index contributed by atoms with van der Waals surface area (Å²) in [6, 6.07) is 12.1. The van der Waals surface area contributed by atoms with Gasteiger partial charge in [-0.25, -0.2) is 8.42 Å². The van der Waals surface area contributed by atoms with Crippen molar-refractivity contribution in [1.82, 2.24) is 4.31 Å². The van der Waals surface area contributed by atoms with Crippen LogP contribution in [-0.4, -0.2) is 42.8 Å². The summed E-state index contributed by atoms with van der Waals surface area (Å²) >= 11 is 0. The first-order valence-electron chi connectivity index (χ1n) is 8.31. The normalized spacial score (nSPS) is 11.6. The second kappa shape index (κ2) is 8.32. The number of rotatable bonds is 7. The van der Waals surface area contributed by atoms with Crippen molar-refractivity contribution in [1.29, 1.82) is 0 Å². The SMILES string of the molecule is CC(C)N(C)S(=O)(=O)c1cccc(C(=O)Nc2ccc(CC(=O)O)cc2)c1. The van der Waals surface area contributed by atoms with Gasteiger partial charge in [0.1, 0.15) is 0 Å². The Labute approximate surface area is 158 Å². The second-order valence-electron chi connectivity index (χ2n) is 6.36. The molecule has 0 aromatic heterocycles. The van der Waals surface area contributed by atoms with E-state index in [1.807, 2.05) is 0 Å². The smallest absolute Gasteiger partial charge is 0.307 e. The standard InChI is InChI=1S/C19H22N2O5S/c1-13(2)21(3)27(25,26)17-6-4-5-15(12-17)19(24)20-16-9-7-14(8-10-16)11-18(22)23/h4-10,12-13H,11H2,1-3H3,(H,20,24)(H,22,23). The zero-order chi connectivity index (χ0) is 20.2. The van der Waals surface area contributed by atoms with Crippen LogP contribution < -0.4 is 5.32 Å². The number of carbonyl (C=O) groups is 2. The Kier molecular flexibility index (Phi) is 6.35. The van der Waals surface area contributed by atoms with Crippen molar-refractivity contribution in [3.8, 4) is 0 Å².